The number of carbonyl (C=O) groups is 1. The van der Waals surface area contributed by atoms with Gasteiger partial charge in [-0.15, -0.1) is 0 Å². The zero-order valence-electron chi connectivity index (χ0n) is 50.7. The van der Waals surface area contributed by atoms with E-state index in [1.54, 1.807) is 13.2 Å². The van der Waals surface area contributed by atoms with Crippen molar-refractivity contribution in [2.24, 2.45) is 11.3 Å². The van der Waals surface area contributed by atoms with Crippen molar-refractivity contribution in [3.8, 4) is 17.4 Å². The van der Waals surface area contributed by atoms with Crippen LogP contribution in [0.25, 0.3) is 11.0 Å². The molecule has 7 aliphatic rings. The summed E-state index contributed by atoms with van der Waals surface area (Å²) in [5.41, 5.74) is 4.23. The topological polar surface area (TPSA) is 243 Å². The van der Waals surface area contributed by atoms with Gasteiger partial charge in [0.1, 0.15) is 28.9 Å². The van der Waals surface area contributed by atoms with Crippen LogP contribution >= 0.6 is 0 Å². The lowest BCUT2D eigenvalue weighted by Crippen LogP contribution is -2.59. The lowest BCUT2D eigenvalue weighted by Gasteiger charge is -2.58. The third-order valence-corrected chi connectivity index (χ3v) is 20.9. The Balaban J connectivity index is 0.750. The number of aromatic nitrogens is 3. The Morgan fingerprint density at radius 1 is 0.909 bits per heavy atom. The smallest absolute Gasteiger partial charge is 0.293 e. The molecule has 1 spiro atoms. The van der Waals surface area contributed by atoms with Crippen molar-refractivity contribution in [2.45, 2.75) is 126 Å². The van der Waals surface area contributed by atoms with Gasteiger partial charge in [0, 0.05) is 112 Å². The van der Waals surface area contributed by atoms with Crippen molar-refractivity contribution >= 4 is 61.2 Å². The summed E-state index contributed by atoms with van der Waals surface area (Å²) in [6, 6.07) is 23.9. The predicted molar refractivity (Wildman–Crippen MR) is 335 cm³/mol. The Hall–Kier alpha value is -7.28. The molecule has 5 aliphatic heterocycles. The Bertz CT molecular complexity index is 3650. The highest BCUT2D eigenvalue weighted by Gasteiger charge is 2.51. The number of benzene rings is 3. The first kappa shape index (κ1) is 59.7. The molecular weight excluding hydrogens is 1140 g/mol. The number of hydrogen-bond acceptors (Lipinski definition) is 19. The highest BCUT2D eigenvalue weighted by molar-refractivity contribution is 7.90. The van der Waals surface area contributed by atoms with Gasteiger partial charge in [-0.3, -0.25) is 24.7 Å². The van der Waals surface area contributed by atoms with Gasteiger partial charge >= 0.3 is 0 Å². The Morgan fingerprint density at radius 2 is 1.70 bits per heavy atom. The van der Waals surface area contributed by atoms with Gasteiger partial charge in [0.15, 0.2) is 11.6 Å². The van der Waals surface area contributed by atoms with Crippen molar-refractivity contribution in [1.82, 2.24) is 29.5 Å². The monoisotopic (exact) mass is 1220 g/mol. The van der Waals surface area contributed by atoms with Gasteiger partial charge < -0.3 is 53.8 Å². The third-order valence-electron chi connectivity index (χ3n) is 19.6. The molecule has 3 aromatic heterocycles. The molecule has 0 bridgehead atoms. The van der Waals surface area contributed by atoms with E-state index in [1.165, 1.54) is 17.7 Å². The number of methoxy groups -OCH3 is 1. The number of piperazine rings is 1. The minimum Gasteiger partial charge on any atom is -0.493 e. The van der Waals surface area contributed by atoms with E-state index in [2.05, 4.69) is 83.7 Å². The van der Waals surface area contributed by atoms with Gasteiger partial charge in [0.2, 0.25) is 5.88 Å². The molecule has 3 atom stereocenters. The van der Waals surface area contributed by atoms with E-state index >= 15 is 0 Å². The molecule has 1 amide bonds. The van der Waals surface area contributed by atoms with E-state index in [0.29, 0.717) is 74.6 Å². The molecule has 468 valence electrons. The van der Waals surface area contributed by atoms with Crippen LogP contribution in [0, 0.1) is 21.4 Å². The first-order valence-electron chi connectivity index (χ1n) is 31.3. The molecule has 3 aromatic carbocycles. The predicted octanol–water partition coefficient (Wildman–Crippen LogP) is 8.97. The quantitative estimate of drug-likeness (QED) is 0.0492. The van der Waals surface area contributed by atoms with E-state index in [9.17, 15) is 28.4 Å². The first-order valence-corrected chi connectivity index (χ1v) is 32.8. The van der Waals surface area contributed by atoms with Crippen molar-refractivity contribution in [1.29, 1.82) is 0 Å². The molecule has 2 aliphatic carbocycles. The molecule has 13 rings (SSSR count). The summed E-state index contributed by atoms with van der Waals surface area (Å²) in [6.45, 7) is 14.9. The summed E-state index contributed by atoms with van der Waals surface area (Å²) in [7, 11) is -2.92. The number of aromatic amines is 1. The number of carbonyl (C=O) groups excluding carboxylic acids is 1. The fraction of sp³-hybridized carbons (Fsp3) is 0.523. The molecule has 22 nitrogen and oxygen atoms in total. The maximum absolute atomic E-state index is 14.9. The second-order valence-corrected chi connectivity index (χ2v) is 27.4. The van der Waals surface area contributed by atoms with Crippen LogP contribution in [-0.4, -0.2) is 165 Å². The normalized spacial score (nSPS) is 24.3. The molecule has 4 saturated heterocycles. The highest BCUT2D eigenvalue weighted by atomic mass is 32.2. The van der Waals surface area contributed by atoms with Crippen molar-refractivity contribution in [3.05, 3.63) is 118 Å². The Morgan fingerprint density at radius 3 is 2.48 bits per heavy atom. The van der Waals surface area contributed by atoms with Gasteiger partial charge in [0.05, 0.1) is 71.8 Å². The van der Waals surface area contributed by atoms with Gasteiger partial charge in [-0.25, -0.2) is 18.1 Å². The van der Waals surface area contributed by atoms with E-state index < -0.39 is 43.1 Å². The number of nitrogens with one attached hydrogen (secondary N) is 3. The number of anilines is 5. The van der Waals surface area contributed by atoms with Crippen molar-refractivity contribution < 1.29 is 46.9 Å². The van der Waals surface area contributed by atoms with Crippen LogP contribution < -0.4 is 38.9 Å². The number of nitro benzene ring substituents is 1. The summed E-state index contributed by atoms with van der Waals surface area (Å²) >= 11 is 0. The number of nitrogens with zero attached hydrogens (tertiary/aromatic N) is 8. The molecule has 23 heteroatoms. The molecule has 2 saturated carbocycles. The zero-order valence-corrected chi connectivity index (χ0v) is 51.5. The Labute approximate surface area is 514 Å². The van der Waals surface area contributed by atoms with Crippen LogP contribution in [0.5, 0.6) is 17.4 Å². The number of sulfonamides is 1. The van der Waals surface area contributed by atoms with Gasteiger partial charge in [0.25, 0.3) is 21.6 Å². The maximum Gasteiger partial charge on any atom is 0.293 e. The number of fused-ring (bicyclic) bond motifs is 3. The fourth-order valence-corrected chi connectivity index (χ4v) is 15.7. The molecule has 6 fully saturated rings. The number of ether oxygens (including phenoxy) is 5. The number of pyridine rings is 2. The minimum atomic E-state index is -4.66. The lowest BCUT2D eigenvalue weighted by atomic mass is 9.59. The van der Waals surface area contributed by atoms with Crippen LogP contribution in [0.3, 0.4) is 0 Å². The summed E-state index contributed by atoms with van der Waals surface area (Å²) in [4.78, 5) is 51.2. The lowest BCUT2D eigenvalue weighted by molar-refractivity contribution is -0.384. The number of amides is 1. The number of rotatable bonds is 17. The number of morpholine rings is 1. The number of H-pyrrole nitrogens is 1. The van der Waals surface area contributed by atoms with Crippen LogP contribution in [0.2, 0.25) is 0 Å². The van der Waals surface area contributed by atoms with Gasteiger partial charge in [-0.05, 0) is 144 Å². The van der Waals surface area contributed by atoms with E-state index in [4.69, 9.17) is 33.7 Å². The average Bonchev–Trinajstić information content (AvgIpc) is 1.22. The number of hydrogen-bond donors (Lipinski definition) is 4. The summed E-state index contributed by atoms with van der Waals surface area (Å²) in [6.07, 6.45) is 10.7. The SMILES string of the molecule is COc1c(CN2CCN(C3CC4(CCN(c5ccc(C(=O)NS(=O)(=O)c6ccc(NC[C@H]7CC[C@](C)(O)CC7)c([N+](=O)[O-])c6)c(N6c7cc8cc[nH]c8nc7O[C@H]7COCC[C@@H]76)c5)CC4)C3)[C@@H](c3ccccc3OC(C)C)C2)ccnc1N1CCOCC1. The largest absolute Gasteiger partial charge is 0.493 e. The van der Waals surface area contributed by atoms with Crippen molar-refractivity contribution in [2.75, 3.05) is 106 Å². The molecule has 4 N–H and O–H groups in total. The van der Waals surface area contributed by atoms with Crippen LogP contribution in [0.15, 0.2) is 96.2 Å². The maximum atomic E-state index is 14.9. The number of nitro groups is 1. The summed E-state index contributed by atoms with van der Waals surface area (Å²) < 4.78 is 61.8. The van der Waals surface area contributed by atoms with Gasteiger partial charge in [-0.1, -0.05) is 18.2 Å². The third kappa shape index (κ3) is 12.2. The van der Waals surface area contributed by atoms with Crippen molar-refractivity contribution in [3.63, 3.8) is 0 Å². The molecule has 8 heterocycles. The van der Waals surface area contributed by atoms with Gasteiger partial charge in [-0.2, -0.15) is 4.98 Å². The van der Waals surface area contributed by atoms with Crippen LogP contribution in [0.4, 0.5) is 34.3 Å². The molecule has 0 radical (unpaired) electrons. The number of aliphatic hydroxyl groups is 1. The van der Waals surface area contributed by atoms with E-state index in [1.807, 2.05) is 43.6 Å². The second kappa shape index (κ2) is 24.6. The standard InChI is InChI=1S/C65H81N11O11S/c1-42(2)86-57-8-6-5-7-49(57)56-40-71(39-45-16-23-67-61(59(45)83-4)73-28-31-84-32-29-73)26-27-74(56)47-36-65(37-47)20-24-72(25-21-65)46-9-11-50(53(34-46)75-52-17-30-85-41-58(52)87-63-55(75)33-44-15-22-66-60(44)69-63)62(77)70-88(81,82)48-10-12-51(54(35-48)76(79)80)68-38-43-13-18-64(3,78)19-14-43/h5-12,15-16,22-23,33-35,42-43,47,52,56,58,68,78H,13-14,17-21,24-32,36-41H2,1-4H3,(H,66,69)(H,70,77)/t43-,52-,56+,58-,64-/m0/s1. The van der Waals surface area contributed by atoms with E-state index in [-0.39, 0.29) is 47.4 Å². The second-order valence-electron chi connectivity index (χ2n) is 25.7. The summed E-state index contributed by atoms with van der Waals surface area (Å²) in [5, 5.41) is 26.9. The molecule has 0 unspecified atom stereocenters. The average molecular weight is 1220 g/mol. The number of para-hydroxylation sites is 1. The van der Waals surface area contributed by atoms with Crippen LogP contribution in [0.1, 0.15) is 106 Å². The van der Waals surface area contributed by atoms with Crippen LogP contribution in [-0.2, 0) is 26.0 Å². The van der Waals surface area contributed by atoms with E-state index in [0.717, 1.165) is 131 Å². The first-order chi connectivity index (χ1) is 42.5. The minimum absolute atomic E-state index is 0.0199. The molecular formula is C65H81N11O11S. The number of piperidine rings is 1. The zero-order chi connectivity index (χ0) is 60.9. The fourth-order valence-electron chi connectivity index (χ4n) is 14.7. The summed E-state index contributed by atoms with van der Waals surface area (Å²) in [5.74, 6) is 2.26. The molecule has 88 heavy (non-hydrogen) atoms. The highest BCUT2D eigenvalue weighted by Crippen LogP contribution is 2.54. The molecule has 6 aromatic rings. The Kier molecular flexibility index (Phi) is 16.7.